The van der Waals surface area contributed by atoms with E-state index in [1.165, 1.54) is 0 Å². The zero-order chi connectivity index (χ0) is 13.9. The van der Waals surface area contributed by atoms with Crippen molar-refractivity contribution in [3.8, 4) is 0 Å². The highest BCUT2D eigenvalue weighted by Gasteiger charge is 1.99. The van der Waals surface area contributed by atoms with Crippen LogP contribution in [-0.4, -0.2) is 44.6 Å². The van der Waals surface area contributed by atoms with Gasteiger partial charge in [0.2, 0.25) is 0 Å². The van der Waals surface area contributed by atoms with Crippen LogP contribution in [0.1, 0.15) is 11.1 Å². The molecular formula is C13H20N2O4. The van der Waals surface area contributed by atoms with Gasteiger partial charge in [-0.2, -0.15) is 0 Å². The molecule has 0 unspecified atom stereocenters. The van der Waals surface area contributed by atoms with Crippen molar-refractivity contribution in [3.05, 3.63) is 35.4 Å². The summed E-state index contributed by atoms with van der Waals surface area (Å²) in [6.45, 7) is 2.75. The van der Waals surface area contributed by atoms with Crippen LogP contribution in [0.3, 0.4) is 0 Å². The van der Waals surface area contributed by atoms with E-state index >= 15 is 0 Å². The standard InChI is InChI=1S/C13H20N2O4/c1-17-6-7-18-8-9-19-10-11-2-4-12(5-3-11)13(14)15-16/h2-5,16H,6-10H2,1H3,(H2,14,15). The van der Waals surface area contributed by atoms with Gasteiger partial charge in [0.05, 0.1) is 33.0 Å². The van der Waals surface area contributed by atoms with E-state index in [-0.39, 0.29) is 5.84 Å². The van der Waals surface area contributed by atoms with Crippen LogP contribution >= 0.6 is 0 Å². The minimum Gasteiger partial charge on any atom is -0.409 e. The molecule has 0 aliphatic rings. The molecule has 0 fully saturated rings. The van der Waals surface area contributed by atoms with Gasteiger partial charge in [-0.1, -0.05) is 29.4 Å². The molecule has 0 aromatic heterocycles. The van der Waals surface area contributed by atoms with Gasteiger partial charge in [0.15, 0.2) is 5.84 Å². The molecule has 6 nitrogen and oxygen atoms in total. The van der Waals surface area contributed by atoms with Gasteiger partial charge in [0.1, 0.15) is 0 Å². The Labute approximate surface area is 112 Å². The van der Waals surface area contributed by atoms with Gasteiger partial charge < -0.3 is 25.2 Å². The molecule has 0 amide bonds. The largest absolute Gasteiger partial charge is 0.409 e. The van der Waals surface area contributed by atoms with Gasteiger partial charge in [-0.15, -0.1) is 0 Å². The maximum absolute atomic E-state index is 8.54. The Morgan fingerprint density at radius 2 is 1.74 bits per heavy atom. The first-order chi connectivity index (χ1) is 9.27. The maximum atomic E-state index is 8.54. The normalized spacial score (nSPS) is 11.7. The summed E-state index contributed by atoms with van der Waals surface area (Å²) in [7, 11) is 1.64. The van der Waals surface area contributed by atoms with Crippen molar-refractivity contribution in [1.29, 1.82) is 0 Å². The molecule has 0 bridgehead atoms. The third-order valence-corrected chi connectivity index (χ3v) is 2.43. The monoisotopic (exact) mass is 268 g/mol. The summed E-state index contributed by atoms with van der Waals surface area (Å²) in [5.41, 5.74) is 7.16. The number of rotatable bonds is 9. The SMILES string of the molecule is COCCOCCOCc1ccc(/C(N)=N/O)cc1. The van der Waals surface area contributed by atoms with Gasteiger partial charge in [0.25, 0.3) is 0 Å². The molecule has 1 aromatic rings. The second-order valence-electron chi connectivity index (χ2n) is 3.84. The Morgan fingerprint density at radius 1 is 1.11 bits per heavy atom. The lowest BCUT2D eigenvalue weighted by Gasteiger charge is -2.06. The first-order valence-electron chi connectivity index (χ1n) is 5.99. The molecule has 106 valence electrons. The quantitative estimate of drug-likeness (QED) is 0.229. The Balaban J connectivity index is 2.19. The van der Waals surface area contributed by atoms with Gasteiger partial charge in [-0.3, -0.25) is 0 Å². The Bertz CT molecular complexity index is 379. The minimum absolute atomic E-state index is 0.0963. The van der Waals surface area contributed by atoms with Crippen LogP contribution in [0.25, 0.3) is 0 Å². The average molecular weight is 268 g/mol. The molecule has 0 atom stereocenters. The summed E-state index contributed by atoms with van der Waals surface area (Å²) < 4.78 is 15.6. The molecule has 0 radical (unpaired) electrons. The van der Waals surface area contributed by atoms with E-state index in [9.17, 15) is 0 Å². The Hall–Kier alpha value is -1.63. The topological polar surface area (TPSA) is 86.3 Å². The summed E-state index contributed by atoms with van der Waals surface area (Å²) in [6, 6.07) is 7.31. The van der Waals surface area contributed by atoms with E-state index in [0.29, 0.717) is 38.6 Å². The van der Waals surface area contributed by atoms with Crippen LogP contribution in [0.2, 0.25) is 0 Å². The van der Waals surface area contributed by atoms with Crippen molar-refractivity contribution < 1.29 is 19.4 Å². The first kappa shape index (κ1) is 15.4. The van der Waals surface area contributed by atoms with Crippen molar-refractivity contribution in [3.63, 3.8) is 0 Å². The molecule has 0 aliphatic carbocycles. The van der Waals surface area contributed by atoms with E-state index in [1.54, 1.807) is 19.2 Å². The van der Waals surface area contributed by atoms with Crippen molar-refractivity contribution >= 4 is 5.84 Å². The zero-order valence-electron chi connectivity index (χ0n) is 11.0. The summed E-state index contributed by atoms with van der Waals surface area (Å²) in [6.07, 6.45) is 0. The van der Waals surface area contributed by atoms with Crippen molar-refractivity contribution in [2.24, 2.45) is 10.9 Å². The highest BCUT2D eigenvalue weighted by atomic mass is 16.5. The number of hydrogen-bond acceptors (Lipinski definition) is 5. The van der Waals surface area contributed by atoms with E-state index in [2.05, 4.69) is 5.16 Å². The summed E-state index contributed by atoms with van der Waals surface area (Å²) >= 11 is 0. The van der Waals surface area contributed by atoms with Gasteiger partial charge in [-0.25, -0.2) is 0 Å². The fourth-order valence-corrected chi connectivity index (χ4v) is 1.38. The summed E-state index contributed by atoms with van der Waals surface area (Å²) in [5, 5.41) is 11.5. The average Bonchev–Trinajstić information content (AvgIpc) is 2.46. The highest BCUT2D eigenvalue weighted by Crippen LogP contribution is 2.05. The van der Waals surface area contributed by atoms with Crippen LogP contribution in [-0.2, 0) is 20.8 Å². The number of ether oxygens (including phenoxy) is 3. The van der Waals surface area contributed by atoms with E-state index in [1.807, 2.05) is 12.1 Å². The van der Waals surface area contributed by atoms with Crippen molar-refractivity contribution in [2.75, 3.05) is 33.5 Å². The number of nitrogens with two attached hydrogens (primary N) is 1. The van der Waals surface area contributed by atoms with Gasteiger partial charge in [-0.05, 0) is 5.56 Å². The highest BCUT2D eigenvalue weighted by molar-refractivity contribution is 5.96. The lowest BCUT2D eigenvalue weighted by molar-refractivity contribution is 0.0199. The smallest absolute Gasteiger partial charge is 0.170 e. The number of amidine groups is 1. The van der Waals surface area contributed by atoms with Gasteiger partial charge >= 0.3 is 0 Å². The van der Waals surface area contributed by atoms with E-state index in [0.717, 1.165) is 5.56 Å². The number of hydrogen-bond donors (Lipinski definition) is 2. The molecular weight excluding hydrogens is 248 g/mol. The third kappa shape index (κ3) is 6.19. The molecule has 1 rings (SSSR count). The van der Waals surface area contributed by atoms with Gasteiger partial charge in [0, 0.05) is 12.7 Å². The molecule has 0 aliphatic heterocycles. The third-order valence-electron chi connectivity index (χ3n) is 2.43. The first-order valence-corrected chi connectivity index (χ1v) is 5.99. The van der Waals surface area contributed by atoms with Crippen LogP contribution in [0.15, 0.2) is 29.4 Å². The van der Waals surface area contributed by atoms with Crippen LogP contribution in [0.5, 0.6) is 0 Å². The Kier molecular flexibility index (Phi) is 7.57. The number of benzene rings is 1. The molecule has 1 aromatic carbocycles. The minimum atomic E-state index is 0.0963. The fourth-order valence-electron chi connectivity index (χ4n) is 1.38. The molecule has 0 saturated carbocycles. The lowest BCUT2D eigenvalue weighted by atomic mass is 10.1. The predicted molar refractivity (Wildman–Crippen MR) is 71.3 cm³/mol. The number of oxime groups is 1. The maximum Gasteiger partial charge on any atom is 0.170 e. The second-order valence-corrected chi connectivity index (χ2v) is 3.84. The number of methoxy groups -OCH3 is 1. The van der Waals surface area contributed by atoms with Crippen LogP contribution in [0.4, 0.5) is 0 Å². The molecule has 6 heteroatoms. The lowest BCUT2D eigenvalue weighted by Crippen LogP contribution is -2.13. The fraction of sp³-hybridized carbons (Fsp3) is 0.462. The second kappa shape index (κ2) is 9.32. The van der Waals surface area contributed by atoms with Crippen molar-refractivity contribution in [1.82, 2.24) is 0 Å². The molecule has 0 heterocycles. The van der Waals surface area contributed by atoms with Crippen LogP contribution < -0.4 is 5.73 Å². The summed E-state index contributed by atoms with van der Waals surface area (Å²) in [5.74, 6) is 0.0963. The predicted octanol–water partition coefficient (Wildman–Crippen LogP) is 0.961. The molecule has 0 saturated heterocycles. The molecule has 19 heavy (non-hydrogen) atoms. The van der Waals surface area contributed by atoms with E-state index < -0.39 is 0 Å². The van der Waals surface area contributed by atoms with Crippen molar-refractivity contribution in [2.45, 2.75) is 6.61 Å². The molecule has 3 N–H and O–H groups in total. The van der Waals surface area contributed by atoms with E-state index in [4.69, 9.17) is 25.2 Å². The summed E-state index contributed by atoms with van der Waals surface area (Å²) in [4.78, 5) is 0. The number of nitrogens with zero attached hydrogens (tertiary/aromatic N) is 1. The Morgan fingerprint density at radius 3 is 2.37 bits per heavy atom. The molecule has 0 spiro atoms. The zero-order valence-corrected chi connectivity index (χ0v) is 11.0. The van der Waals surface area contributed by atoms with Crippen LogP contribution in [0, 0.1) is 0 Å².